The molecule has 1 saturated heterocycles. The summed E-state index contributed by atoms with van der Waals surface area (Å²) >= 11 is 3.34. The van der Waals surface area contributed by atoms with E-state index in [0.717, 1.165) is 31.5 Å². The summed E-state index contributed by atoms with van der Waals surface area (Å²) in [4.78, 5) is 24.3. The van der Waals surface area contributed by atoms with E-state index >= 15 is 0 Å². The van der Waals surface area contributed by atoms with Crippen LogP contribution in [0.15, 0.2) is 22.7 Å². The van der Waals surface area contributed by atoms with Gasteiger partial charge in [0, 0.05) is 22.7 Å². The fourth-order valence-corrected chi connectivity index (χ4v) is 3.20. The number of carboxylic acid groups (broad SMARTS) is 1. The molecule has 0 bridgehead atoms. The highest BCUT2D eigenvalue weighted by molar-refractivity contribution is 9.10. The number of carbonyl (C=O) groups excluding carboxylic acids is 1. The van der Waals surface area contributed by atoms with E-state index < -0.39 is 11.9 Å². The second kappa shape index (κ2) is 6.26. The van der Waals surface area contributed by atoms with Gasteiger partial charge in [-0.3, -0.25) is 9.59 Å². The predicted octanol–water partition coefficient (Wildman–Crippen LogP) is 2.38. The monoisotopic (exact) mass is 340 g/mol. The van der Waals surface area contributed by atoms with Crippen molar-refractivity contribution in [1.82, 2.24) is 0 Å². The molecule has 2 rings (SSSR count). The summed E-state index contributed by atoms with van der Waals surface area (Å²) in [5.41, 5.74) is 6.63. The third-order valence-electron chi connectivity index (χ3n) is 3.59. The van der Waals surface area contributed by atoms with Crippen LogP contribution in [0.1, 0.15) is 36.0 Å². The minimum absolute atomic E-state index is 0.00702. The number of rotatable bonds is 4. The second-order valence-electron chi connectivity index (χ2n) is 4.97. The van der Waals surface area contributed by atoms with Crippen LogP contribution in [0.5, 0.6) is 0 Å². The molecule has 0 spiro atoms. The smallest absolute Gasteiger partial charge is 0.305 e. The molecule has 3 N–H and O–H groups in total. The molecule has 108 valence electrons. The first-order valence-electron chi connectivity index (χ1n) is 6.57. The number of benzene rings is 1. The van der Waals surface area contributed by atoms with Crippen LogP contribution in [0.4, 0.5) is 5.69 Å². The maximum Gasteiger partial charge on any atom is 0.305 e. The molecule has 20 heavy (non-hydrogen) atoms. The van der Waals surface area contributed by atoms with Gasteiger partial charge in [0.05, 0.1) is 12.0 Å². The highest BCUT2D eigenvalue weighted by Crippen LogP contribution is 2.30. The number of hydrogen-bond acceptors (Lipinski definition) is 3. The summed E-state index contributed by atoms with van der Waals surface area (Å²) < 4.78 is 0.641. The lowest BCUT2D eigenvalue weighted by atomic mass is 9.98. The molecule has 0 aromatic heterocycles. The number of amides is 1. The number of aliphatic carboxylic acids is 1. The van der Waals surface area contributed by atoms with Crippen LogP contribution in [0.25, 0.3) is 0 Å². The van der Waals surface area contributed by atoms with Gasteiger partial charge in [-0.1, -0.05) is 0 Å². The second-order valence-corrected chi connectivity index (χ2v) is 5.82. The van der Waals surface area contributed by atoms with Gasteiger partial charge in [0.2, 0.25) is 5.91 Å². The molecule has 1 unspecified atom stereocenters. The fourth-order valence-electron chi connectivity index (χ4n) is 2.64. The largest absolute Gasteiger partial charge is 0.481 e. The fraction of sp³-hybridized carbons (Fsp3) is 0.429. The first-order chi connectivity index (χ1) is 9.49. The predicted molar refractivity (Wildman–Crippen MR) is 79.9 cm³/mol. The Labute approximate surface area is 125 Å². The molecule has 0 aliphatic carbocycles. The molecule has 1 amide bonds. The van der Waals surface area contributed by atoms with Crippen molar-refractivity contribution < 1.29 is 14.7 Å². The van der Waals surface area contributed by atoms with Gasteiger partial charge in [0.15, 0.2) is 0 Å². The normalized spacial score (nSPS) is 18.9. The third-order valence-corrected chi connectivity index (χ3v) is 4.24. The summed E-state index contributed by atoms with van der Waals surface area (Å²) in [6.45, 7) is 0.834. The van der Waals surface area contributed by atoms with Gasteiger partial charge < -0.3 is 15.7 Å². The van der Waals surface area contributed by atoms with Gasteiger partial charge in [-0.15, -0.1) is 0 Å². The highest BCUT2D eigenvalue weighted by atomic mass is 79.9. The number of anilines is 1. The van der Waals surface area contributed by atoms with Crippen molar-refractivity contribution in [3.8, 4) is 0 Å². The lowest BCUT2D eigenvalue weighted by Crippen LogP contribution is -2.41. The van der Waals surface area contributed by atoms with Crippen molar-refractivity contribution in [3.63, 3.8) is 0 Å². The van der Waals surface area contributed by atoms with Crippen molar-refractivity contribution in [3.05, 3.63) is 28.2 Å². The molecule has 0 saturated carbocycles. The molecular formula is C14H17BrN2O3. The van der Waals surface area contributed by atoms with Crippen LogP contribution in [-0.2, 0) is 4.79 Å². The standard InChI is InChI=1S/C14H17BrN2O3/c15-12-7-10(4-5-11(12)14(16)20)17-6-2-1-3-9(17)8-13(18)19/h4-5,7,9H,1-3,6,8H2,(H2,16,20)(H,18,19). The van der Waals surface area contributed by atoms with Crippen LogP contribution in [0.3, 0.4) is 0 Å². The topological polar surface area (TPSA) is 83.6 Å². The van der Waals surface area contributed by atoms with E-state index in [1.54, 1.807) is 6.07 Å². The molecule has 1 fully saturated rings. The van der Waals surface area contributed by atoms with E-state index in [2.05, 4.69) is 20.8 Å². The zero-order chi connectivity index (χ0) is 14.7. The van der Waals surface area contributed by atoms with E-state index in [4.69, 9.17) is 10.8 Å². The summed E-state index contributed by atoms with van der Waals surface area (Å²) in [5.74, 6) is -1.26. The summed E-state index contributed by atoms with van der Waals surface area (Å²) in [7, 11) is 0. The van der Waals surface area contributed by atoms with E-state index in [1.165, 1.54) is 0 Å². The minimum Gasteiger partial charge on any atom is -0.481 e. The number of piperidine rings is 1. The van der Waals surface area contributed by atoms with Crippen molar-refractivity contribution >= 4 is 33.5 Å². The SMILES string of the molecule is NC(=O)c1ccc(N2CCCCC2CC(=O)O)cc1Br. The van der Waals surface area contributed by atoms with Crippen molar-refractivity contribution in [1.29, 1.82) is 0 Å². The number of halogens is 1. The van der Waals surface area contributed by atoms with Crippen LogP contribution in [-0.4, -0.2) is 29.6 Å². The summed E-state index contributed by atoms with van der Waals surface area (Å²) in [5, 5.41) is 9.00. The van der Waals surface area contributed by atoms with Crippen molar-refractivity contribution in [2.75, 3.05) is 11.4 Å². The van der Waals surface area contributed by atoms with Crippen LogP contribution in [0.2, 0.25) is 0 Å². The lowest BCUT2D eigenvalue weighted by Gasteiger charge is -2.37. The first-order valence-corrected chi connectivity index (χ1v) is 7.36. The molecule has 0 radical (unpaired) electrons. The Morgan fingerprint density at radius 2 is 2.15 bits per heavy atom. The van der Waals surface area contributed by atoms with Gasteiger partial charge in [-0.25, -0.2) is 0 Å². The highest BCUT2D eigenvalue weighted by Gasteiger charge is 2.25. The van der Waals surface area contributed by atoms with Gasteiger partial charge in [0.1, 0.15) is 0 Å². The number of carboxylic acids is 1. The van der Waals surface area contributed by atoms with Gasteiger partial charge in [0.25, 0.3) is 0 Å². The summed E-state index contributed by atoms with van der Waals surface area (Å²) in [6.07, 6.45) is 3.11. The van der Waals surface area contributed by atoms with Gasteiger partial charge in [-0.2, -0.15) is 0 Å². The molecule has 1 heterocycles. The molecule has 5 nitrogen and oxygen atoms in total. The maximum absolute atomic E-state index is 11.2. The number of nitrogens with two attached hydrogens (primary N) is 1. The average molecular weight is 341 g/mol. The number of primary amides is 1. The molecule has 1 aliphatic rings. The molecule has 1 aromatic carbocycles. The Kier molecular flexibility index (Phi) is 4.65. The lowest BCUT2D eigenvalue weighted by molar-refractivity contribution is -0.137. The van der Waals surface area contributed by atoms with Crippen molar-refractivity contribution in [2.24, 2.45) is 5.73 Å². The van der Waals surface area contributed by atoms with Crippen LogP contribution >= 0.6 is 15.9 Å². The quantitative estimate of drug-likeness (QED) is 0.881. The summed E-state index contributed by atoms with van der Waals surface area (Å²) in [6, 6.07) is 5.34. The molecule has 1 aromatic rings. The maximum atomic E-state index is 11.2. The van der Waals surface area contributed by atoms with E-state index in [-0.39, 0.29) is 12.5 Å². The third kappa shape index (κ3) is 3.30. The van der Waals surface area contributed by atoms with Gasteiger partial charge in [-0.05, 0) is 53.4 Å². The number of hydrogen-bond donors (Lipinski definition) is 2. The minimum atomic E-state index is -0.783. The van der Waals surface area contributed by atoms with E-state index in [1.807, 2.05) is 12.1 Å². The zero-order valence-electron chi connectivity index (χ0n) is 11.0. The Morgan fingerprint density at radius 1 is 1.40 bits per heavy atom. The molecular weight excluding hydrogens is 324 g/mol. The van der Waals surface area contributed by atoms with Gasteiger partial charge >= 0.3 is 5.97 Å². The Morgan fingerprint density at radius 3 is 2.75 bits per heavy atom. The molecule has 1 aliphatic heterocycles. The Hall–Kier alpha value is -1.56. The van der Waals surface area contributed by atoms with Crippen molar-refractivity contribution in [2.45, 2.75) is 31.7 Å². The van der Waals surface area contributed by atoms with Crippen LogP contribution < -0.4 is 10.6 Å². The molecule has 1 atom stereocenters. The Bertz CT molecular complexity index is 533. The first kappa shape index (κ1) is 14.8. The van der Waals surface area contributed by atoms with Crippen LogP contribution in [0, 0.1) is 0 Å². The number of carbonyl (C=O) groups is 2. The zero-order valence-corrected chi connectivity index (χ0v) is 12.6. The van der Waals surface area contributed by atoms with E-state index in [9.17, 15) is 9.59 Å². The average Bonchev–Trinajstić information content (AvgIpc) is 2.38. The van der Waals surface area contributed by atoms with E-state index in [0.29, 0.717) is 10.0 Å². The Balaban J connectivity index is 2.26. The molecule has 6 heteroatoms. The number of nitrogens with zero attached hydrogens (tertiary/aromatic N) is 1.